The molecule has 1 aliphatic heterocycles. The second kappa shape index (κ2) is 14.1. The molecule has 0 spiro atoms. The molecule has 206 valence electrons. The van der Waals surface area contributed by atoms with Crippen molar-refractivity contribution in [2.24, 2.45) is 0 Å². The van der Waals surface area contributed by atoms with Gasteiger partial charge < -0.3 is 18.9 Å². The molecule has 0 aliphatic carbocycles. The molecule has 0 saturated carbocycles. The van der Waals surface area contributed by atoms with Crippen LogP contribution in [0, 0.1) is 0 Å². The van der Waals surface area contributed by atoms with E-state index < -0.39 is 29.9 Å². The van der Waals surface area contributed by atoms with Crippen LogP contribution in [0.25, 0.3) is 0 Å². The third kappa shape index (κ3) is 9.06. The van der Waals surface area contributed by atoms with Crippen molar-refractivity contribution in [3.05, 3.63) is 120 Å². The first-order valence-electron chi connectivity index (χ1n) is 13.5. The van der Waals surface area contributed by atoms with Gasteiger partial charge in [-0.25, -0.2) is 4.79 Å². The molecule has 6 heteroatoms. The Morgan fingerprint density at radius 1 is 0.769 bits per heavy atom. The summed E-state index contributed by atoms with van der Waals surface area (Å²) in [6, 6.07) is 29.6. The van der Waals surface area contributed by atoms with Gasteiger partial charge in [0.05, 0.1) is 32.5 Å². The van der Waals surface area contributed by atoms with E-state index >= 15 is 0 Å². The Hall–Kier alpha value is -3.45. The Kier molecular flexibility index (Phi) is 10.3. The van der Waals surface area contributed by atoms with E-state index in [-0.39, 0.29) is 6.61 Å². The van der Waals surface area contributed by atoms with Crippen molar-refractivity contribution in [3.63, 3.8) is 0 Å². The molecule has 4 rings (SSSR count). The fourth-order valence-electron chi connectivity index (χ4n) is 4.43. The quantitative estimate of drug-likeness (QED) is 0.279. The molecular formula is C33H39NO5. The van der Waals surface area contributed by atoms with Crippen LogP contribution in [0.3, 0.4) is 0 Å². The first kappa shape index (κ1) is 28.6. The minimum Gasteiger partial charge on any atom is -0.444 e. The molecule has 0 bridgehead atoms. The van der Waals surface area contributed by atoms with Crippen molar-refractivity contribution in [2.45, 2.75) is 64.4 Å². The van der Waals surface area contributed by atoms with Gasteiger partial charge in [0.2, 0.25) is 0 Å². The fraction of sp³-hybridized carbons (Fsp3) is 0.364. The van der Waals surface area contributed by atoms with Crippen LogP contribution in [-0.2, 0) is 38.8 Å². The highest BCUT2D eigenvalue weighted by Crippen LogP contribution is 2.25. The molecule has 0 radical (unpaired) electrons. The van der Waals surface area contributed by atoms with E-state index in [1.54, 1.807) is 4.90 Å². The van der Waals surface area contributed by atoms with Gasteiger partial charge in [-0.2, -0.15) is 0 Å². The molecule has 6 nitrogen and oxygen atoms in total. The summed E-state index contributed by atoms with van der Waals surface area (Å²) in [6.07, 6.45) is 2.66. The molecule has 1 aliphatic rings. The lowest BCUT2D eigenvalue weighted by atomic mass is 10.0. The maximum absolute atomic E-state index is 13.4. The highest BCUT2D eigenvalue weighted by atomic mass is 16.6. The number of rotatable bonds is 10. The molecule has 0 fully saturated rings. The first-order valence-corrected chi connectivity index (χ1v) is 13.5. The number of benzene rings is 3. The number of amides is 1. The van der Waals surface area contributed by atoms with Crippen molar-refractivity contribution in [3.8, 4) is 0 Å². The standard InChI is InChI=1S/C33H39NO5/c1-33(2,3)39-32(35)34-21-13-20-30(37-23-27-16-9-5-10-17-27)31(38-24-28-18-11-6-12-19-28)29(34)25-36-22-26-14-7-4-8-15-26/h4-20,29-31H,21-25H2,1-3H3/t29-,30-,31-/m1/s1. The zero-order chi connectivity index (χ0) is 27.5. The number of hydrogen-bond donors (Lipinski definition) is 0. The average molecular weight is 530 g/mol. The van der Waals surface area contributed by atoms with Gasteiger partial charge >= 0.3 is 6.09 Å². The van der Waals surface area contributed by atoms with E-state index in [4.69, 9.17) is 18.9 Å². The smallest absolute Gasteiger partial charge is 0.410 e. The average Bonchev–Trinajstić information content (AvgIpc) is 3.10. The maximum Gasteiger partial charge on any atom is 0.410 e. The molecule has 1 heterocycles. The molecule has 3 atom stereocenters. The predicted molar refractivity (Wildman–Crippen MR) is 152 cm³/mol. The van der Waals surface area contributed by atoms with Crippen LogP contribution in [0.2, 0.25) is 0 Å². The molecule has 0 N–H and O–H groups in total. The van der Waals surface area contributed by atoms with Crippen molar-refractivity contribution in [1.29, 1.82) is 0 Å². The SMILES string of the molecule is CC(C)(C)OC(=O)N1CC=C[C@@H](OCc2ccccc2)[C@H](OCc2ccccc2)[C@H]1COCc1ccccc1. The molecule has 0 saturated heterocycles. The molecule has 0 unspecified atom stereocenters. The van der Waals surface area contributed by atoms with Gasteiger partial charge in [0.25, 0.3) is 0 Å². The Bertz CT molecular complexity index is 1160. The summed E-state index contributed by atoms with van der Waals surface area (Å²) in [7, 11) is 0. The summed E-state index contributed by atoms with van der Waals surface area (Å²) in [5.41, 5.74) is 2.54. The van der Waals surface area contributed by atoms with Gasteiger partial charge in [-0.3, -0.25) is 4.90 Å². The summed E-state index contributed by atoms with van der Waals surface area (Å²) in [6.45, 7) is 7.46. The summed E-state index contributed by atoms with van der Waals surface area (Å²) in [5.74, 6) is 0. The number of hydrogen-bond acceptors (Lipinski definition) is 5. The van der Waals surface area contributed by atoms with Gasteiger partial charge in [0.1, 0.15) is 17.8 Å². The number of nitrogens with zero attached hydrogens (tertiary/aromatic N) is 1. The lowest BCUT2D eigenvalue weighted by molar-refractivity contribution is -0.112. The summed E-state index contributed by atoms with van der Waals surface area (Å²) in [4.78, 5) is 15.1. The monoisotopic (exact) mass is 529 g/mol. The van der Waals surface area contributed by atoms with E-state index in [2.05, 4.69) is 0 Å². The summed E-state index contributed by atoms with van der Waals surface area (Å²) in [5, 5.41) is 0. The van der Waals surface area contributed by atoms with Crippen molar-refractivity contribution in [2.75, 3.05) is 13.2 Å². The van der Waals surface area contributed by atoms with Crippen molar-refractivity contribution < 1.29 is 23.7 Å². The van der Waals surface area contributed by atoms with Crippen LogP contribution in [-0.4, -0.2) is 48.0 Å². The third-order valence-corrected chi connectivity index (χ3v) is 6.33. The van der Waals surface area contributed by atoms with Gasteiger partial charge in [0.15, 0.2) is 0 Å². The zero-order valence-corrected chi connectivity index (χ0v) is 23.1. The molecular weight excluding hydrogens is 490 g/mol. The normalized spacial score (nSPS) is 19.5. The van der Waals surface area contributed by atoms with E-state index in [0.717, 1.165) is 16.7 Å². The Morgan fingerprint density at radius 2 is 1.28 bits per heavy atom. The number of carbonyl (C=O) groups is 1. The minimum atomic E-state index is -0.633. The molecule has 3 aromatic carbocycles. The summed E-state index contributed by atoms with van der Waals surface area (Å²) >= 11 is 0. The van der Waals surface area contributed by atoms with Gasteiger partial charge in [0, 0.05) is 6.54 Å². The molecule has 0 aromatic heterocycles. The Morgan fingerprint density at radius 3 is 1.82 bits per heavy atom. The van der Waals surface area contributed by atoms with Crippen molar-refractivity contribution >= 4 is 6.09 Å². The number of ether oxygens (including phenoxy) is 4. The van der Waals surface area contributed by atoms with E-state index in [9.17, 15) is 4.79 Å². The van der Waals surface area contributed by atoms with Crippen LogP contribution in [0.15, 0.2) is 103 Å². The second-order valence-corrected chi connectivity index (χ2v) is 10.7. The third-order valence-electron chi connectivity index (χ3n) is 6.33. The van der Waals surface area contributed by atoms with Crippen LogP contribution in [0.5, 0.6) is 0 Å². The molecule has 1 amide bonds. The number of carbonyl (C=O) groups excluding carboxylic acids is 1. The first-order chi connectivity index (χ1) is 18.9. The van der Waals surface area contributed by atoms with Gasteiger partial charge in [-0.15, -0.1) is 0 Å². The predicted octanol–water partition coefficient (Wildman–Crippen LogP) is 6.55. The highest BCUT2D eigenvalue weighted by Gasteiger charge is 2.40. The van der Waals surface area contributed by atoms with E-state index in [1.807, 2.05) is 124 Å². The van der Waals surface area contributed by atoms with Crippen LogP contribution in [0.1, 0.15) is 37.5 Å². The van der Waals surface area contributed by atoms with Gasteiger partial charge in [-0.05, 0) is 37.5 Å². The lowest BCUT2D eigenvalue weighted by Gasteiger charge is -2.38. The maximum atomic E-state index is 13.4. The second-order valence-electron chi connectivity index (χ2n) is 10.7. The van der Waals surface area contributed by atoms with Crippen LogP contribution < -0.4 is 0 Å². The highest BCUT2D eigenvalue weighted by molar-refractivity contribution is 5.69. The lowest BCUT2D eigenvalue weighted by Crippen LogP contribution is -2.54. The molecule has 3 aromatic rings. The Labute approximate surface area is 232 Å². The van der Waals surface area contributed by atoms with Crippen molar-refractivity contribution in [1.82, 2.24) is 4.90 Å². The minimum absolute atomic E-state index is 0.264. The topological polar surface area (TPSA) is 57.2 Å². The van der Waals surface area contributed by atoms with Gasteiger partial charge in [-0.1, -0.05) is 103 Å². The van der Waals surface area contributed by atoms with Crippen LogP contribution in [0.4, 0.5) is 4.79 Å². The Balaban J connectivity index is 1.59. The largest absolute Gasteiger partial charge is 0.444 e. The fourth-order valence-corrected chi connectivity index (χ4v) is 4.43. The summed E-state index contributed by atoms with van der Waals surface area (Å²) < 4.78 is 25.0. The zero-order valence-electron chi connectivity index (χ0n) is 23.1. The molecule has 39 heavy (non-hydrogen) atoms. The van der Waals surface area contributed by atoms with Crippen LogP contribution >= 0.6 is 0 Å². The van der Waals surface area contributed by atoms with E-state index in [0.29, 0.717) is 26.4 Å². The van der Waals surface area contributed by atoms with E-state index in [1.165, 1.54) is 0 Å².